The molecule has 0 saturated heterocycles. The largest absolute Gasteiger partial charge is 0.396 e. The number of pyridine rings is 1. The van der Waals surface area contributed by atoms with Crippen molar-refractivity contribution in [1.82, 2.24) is 4.98 Å². The number of aromatic nitrogens is 1. The standard InChI is InChI=1S/C17H22N2O/c1-13-12-14-6-2-3-9-16(14)18-17(13)19(10-5-11-20)15-7-4-8-15/h2-3,6,9,12,15,20H,4-5,7-8,10-11H2,1H3. The van der Waals surface area contributed by atoms with Gasteiger partial charge in [-0.25, -0.2) is 4.98 Å². The van der Waals surface area contributed by atoms with Gasteiger partial charge in [-0.15, -0.1) is 0 Å². The van der Waals surface area contributed by atoms with Crippen LogP contribution in [0.5, 0.6) is 0 Å². The van der Waals surface area contributed by atoms with Gasteiger partial charge in [-0.05, 0) is 50.3 Å². The fraction of sp³-hybridized carbons (Fsp3) is 0.471. The highest BCUT2D eigenvalue weighted by Crippen LogP contribution is 2.31. The van der Waals surface area contributed by atoms with E-state index in [9.17, 15) is 0 Å². The average molecular weight is 270 g/mol. The third-order valence-corrected chi connectivity index (χ3v) is 4.23. The lowest BCUT2D eigenvalue weighted by molar-refractivity contribution is 0.282. The second-order valence-corrected chi connectivity index (χ2v) is 5.68. The third-order valence-electron chi connectivity index (χ3n) is 4.23. The molecule has 1 aromatic carbocycles. The van der Waals surface area contributed by atoms with Crippen molar-refractivity contribution in [3.8, 4) is 0 Å². The molecule has 1 heterocycles. The second kappa shape index (κ2) is 5.80. The first-order valence-corrected chi connectivity index (χ1v) is 7.53. The SMILES string of the molecule is Cc1cc2ccccc2nc1N(CCCO)C1CCC1. The van der Waals surface area contributed by atoms with E-state index >= 15 is 0 Å². The molecular weight excluding hydrogens is 248 g/mol. The summed E-state index contributed by atoms with van der Waals surface area (Å²) in [4.78, 5) is 7.28. The number of fused-ring (bicyclic) bond motifs is 1. The molecule has 1 aromatic heterocycles. The van der Waals surface area contributed by atoms with Gasteiger partial charge < -0.3 is 10.0 Å². The van der Waals surface area contributed by atoms with Crippen LogP contribution >= 0.6 is 0 Å². The van der Waals surface area contributed by atoms with Gasteiger partial charge in [0.2, 0.25) is 0 Å². The molecule has 0 radical (unpaired) electrons. The van der Waals surface area contributed by atoms with E-state index < -0.39 is 0 Å². The minimum atomic E-state index is 0.246. The van der Waals surface area contributed by atoms with Gasteiger partial charge in [0, 0.05) is 24.6 Å². The Labute approximate surface area is 120 Å². The molecule has 1 aliphatic carbocycles. The molecule has 0 unspecified atom stereocenters. The quantitative estimate of drug-likeness (QED) is 0.905. The first-order chi connectivity index (χ1) is 9.79. The molecule has 0 bridgehead atoms. The number of aryl methyl sites for hydroxylation is 1. The van der Waals surface area contributed by atoms with Crippen LogP contribution in [0, 0.1) is 6.92 Å². The van der Waals surface area contributed by atoms with Crippen molar-refractivity contribution in [2.75, 3.05) is 18.1 Å². The Morgan fingerprint density at radius 2 is 2.10 bits per heavy atom. The van der Waals surface area contributed by atoms with Gasteiger partial charge in [-0.1, -0.05) is 18.2 Å². The molecule has 3 rings (SSSR count). The molecule has 3 heteroatoms. The van der Waals surface area contributed by atoms with Crippen LogP contribution in [0.3, 0.4) is 0 Å². The van der Waals surface area contributed by atoms with Gasteiger partial charge in [-0.2, -0.15) is 0 Å². The Bertz CT molecular complexity index is 593. The van der Waals surface area contributed by atoms with E-state index in [-0.39, 0.29) is 6.61 Å². The summed E-state index contributed by atoms with van der Waals surface area (Å²) < 4.78 is 0. The van der Waals surface area contributed by atoms with Gasteiger partial charge in [0.05, 0.1) is 5.52 Å². The monoisotopic (exact) mass is 270 g/mol. The molecule has 0 amide bonds. The summed E-state index contributed by atoms with van der Waals surface area (Å²) in [5.41, 5.74) is 2.29. The zero-order chi connectivity index (χ0) is 13.9. The summed E-state index contributed by atoms with van der Waals surface area (Å²) in [6.07, 6.45) is 4.62. The summed E-state index contributed by atoms with van der Waals surface area (Å²) in [5.74, 6) is 1.10. The van der Waals surface area contributed by atoms with Crippen LogP contribution in [-0.4, -0.2) is 29.3 Å². The molecule has 1 aliphatic rings. The molecule has 20 heavy (non-hydrogen) atoms. The van der Waals surface area contributed by atoms with Crippen molar-refractivity contribution < 1.29 is 5.11 Å². The van der Waals surface area contributed by atoms with Gasteiger partial charge in [0.25, 0.3) is 0 Å². The maximum atomic E-state index is 9.13. The van der Waals surface area contributed by atoms with Crippen LogP contribution in [0.2, 0.25) is 0 Å². The van der Waals surface area contributed by atoms with E-state index in [1.165, 1.54) is 30.2 Å². The molecule has 106 valence electrons. The first kappa shape index (κ1) is 13.4. The van der Waals surface area contributed by atoms with Gasteiger partial charge in [0.1, 0.15) is 5.82 Å². The molecule has 1 fully saturated rings. The fourth-order valence-electron chi connectivity index (χ4n) is 2.90. The molecule has 0 spiro atoms. The number of hydrogen-bond acceptors (Lipinski definition) is 3. The van der Waals surface area contributed by atoms with Crippen molar-refractivity contribution in [1.29, 1.82) is 0 Å². The summed E-state index contributed by atoms with van der Waals surface area (Å²) >= 11 is 0. The predicted octanol–water partition coefficient (Wildman–Crippen LogP) is 3.28. The molecular formula is C17H22N2O. The van der Waals surface area contributed by atoms with E-state index in [0.29, 0.717) is 6.04 Å². The number of rotatable bonds is 5. The predicted molar refractivity (Wildman–Crippen MR) is 83.2 cm³/mol. The van der Waals surface area contributed by atoms with Crippen LogP contribution in [0.1, 0.15) is 31.2 Å². The average Bonchev–Trinajstić information content (AvgIpc) is 2.40. The zero-order valence-electron chi connectivity index (χ0n) is 12.0. The van der Waals surface area contributed by atoms with Crippen LogP contribution in [0.25, 0.3) is 10.9 Å². The van der Waals surface area contributed by atoms with E-state index in [1.54, 1.807) is 0 Å². The smallest absolute Gasteiger partial charge is 0.132 e. The number of nitrogens with zero attached hydrogens (tertiary/aromatic N) is 2. The van der Waals surface area contributed by atoms with Crippen molar-refractivity contribution in [3.63, 3.8) is 0 Å². The Kier molecular flexibility index (Phi) is 3.88. The Morgan fingerprint density at radius 3 is 2.80 bits per heavy atom. The summed E-state index contributed by atoms with van der Waals surface area (Å²) in [6, 6.07) is 11.1. The van der Waals surface area contributed by atoms with E-state index in [4.69, 9.17) is 10.1 Å². The lowest BCUT2D eigenvalue weighted by Gasteiger charge is -2.39. The minimum Gasteiger partial charge on any atom is -0.396 e. The number of para-hydroxylation sites is 1. The topological polar surface area (TPSA) is 36.4 Å². The Balaban J connectivity index is 1.98. The number of aliphatic hydroxyl groups excluding tert-OH is 1. The van der Waals surface area contributed by atoms with Gasteiger partial charge in [0.15, 0.2) is 0 Å². The van der Waals surface area contributed by atoms with Gasteiger partial charge in [-0.3, -0.25) is 0 Å². The highest BCUT2D eigenvalue weighted by molar-refractivity contribution is 5.81. The summed E-state index contributed by atoms with van der Waals surface area (Å²) in [7, 11) is 0. The number of anilines is 1. The lowest BCUT2D eigenvalue weighted by Crippen LogP contribution is -2.42. The maximum Gasteiger partial charge on any atom is 0.132 e. The van der Waals surface area contributed by atoms with Crippen molar-refractivity contribution in [2.45, 2.75) is 38.6 Å². The Morgan fingerprint density at radius 1 is 1.30 bits per heavy atom. The molecule has 1 N–H and O–H groups in total. The van der Waals surface area contributed by atoms with Crippen LogP contribution in [-0.2, 0) is 0 Å². The molecule has 0 atom stereocenters. The molecule has 3 nitrogen and oxygen atoms in total. The molecule has 2 aromatic rings. The molecule has 1 saturated carbocycles. The van der Waals surface area contributed by atoms with Crippen LogP contribution < -0.4 is 4.90 Å². The number of benzene rings is 1. The highest BCUT2D eigenvalue weighted by Gasteiger charge is 2.26. The lowest BCUT2D eigenvalue weighted by atomic mass is 9.91. The Hall–Kier alpha value is -1.61. The first-order valence-electron chi connectivity index (χ1n) is 7.53. The van der Waals surface area contributed by atoms with E-state index in [0.717, 1.165) is 24.3 Å². The summed E-state index contributed by atoms with van der Waals surface area (Å²) in [5, 5.41) is 10.3. The number of aliphatic hydroxyl groups is 1. The molecule has 0 aliphatic heterocycles. The van der Waals surface area contributed by atoms with Crippen LogP contribution in [0.4, 0.5) is 5.82 Å². The van der Waals surface area contributed by atoms with Crippen molar-refractivity contribution in [3.05, 3.63) is 35.9 Å². The van der Waals surface area contributed by atoms with Crippen LogP contribution in [0.15, 0.2) is 30.3 Å². The summed E-state index contributed by atoms with van der Waals surface area (Å²) in [6.45, 7) is 3.28. The third kappa shape index (κ3) is 2.50. The van der Waals surface area contributed by atoms with Crippen molar-refractivity contribution >= 4 is 16.7 Å². The maximum absolute atomic E-state index is 9.13. The zero-order valence-corrected chi connectivity index (χ0v) is 12.0. The number of hydrogen-bond donors (Lipinski definition) is 1. The normalized spacial score (nSPS) is 15.3. The van der Waals surface area contributed by atoms with E-state index in [1.807, 2.05) is 6.07 Å². The second-order valence-electron chi connectivity index (χ2n) is 5.68. The van der Waals surface area contributed by atoms with Crippen molar-refractivity contribution in [2.24, 2.45) is 0 Å². The minimum absolute atomic E-state index is 0.246. The fourth-order valence-corrected chi connectivity index (χ4v) is 2.90. The van der Waals surface area contributed by atoms with Gasteiger partial charge >= 0.3 is 0 Å². The highest BCUT2D eigenvalue weighted by atomic mass is 16.3. The van der Waals surface area contributed by atoms with E-state index in [2.05, 4.69) is 36.1 Å².